The normalized spacial score (nSPS) is 19.6. The Morgan fingerprint density at radius 3 is 2.90 bits per heavy atom. The molecule has 0 N–H and O–H groups in total. The number of hydrogen-bond acceptors (Lipinski definition) is 3. The van der Waals surface area contributed by atoms with Crippen molar-refractivity contribution < 1.29 is 8.78 Å². The predicted octanol–water partition coefficient (Wildman–Crippen LogP) is 3.48. The largest absolute Gasteiger partial charge is 0.290 e. The standard InChI is InChI=1S/C16H17F2N3/c17-13-5-3-4-12(16(13)18)10-21-9-2-1-6-15(21)14-7-8-19-11-20-14/h3-5,7-8,11,15H,1-2,6,9-10H2/t15-/m0/s1. The molecule has 1 aromatic heterocycles. The lowest BCUT2D eigenvalue weighted by molar-refractivity contribution is 0.135. The summed E-state index contributed by atoms with van der Waals surface area (Å²) in [4.78, 5) is 10.4. The zero-order chi connectivity index (χ0) is 14.7. The summed E-state index contributed by atoms with van der Waals surface area (Å²) in [5, 5.41) is 0. The molecule has 1 aliphatic heterocycles. The highest BCUT2D eigenvalue weighted by atomic mass is 19.2. The van der Waals surface area contributed by atoms with E-state index in [9.17, 15) is 8.78 Å². The summed E-state index contributed by atoms with van der Waals surface area (Å²) in [7, 11) is 0. The van der Waals surface area contributed by atoms with E-state index in [0.29, 0.717) is 12.1 Å². The van der Waals surface area contributed by atoms with Gasteiger partial charge in [-0.1, -0.05) is 18.6 Å². The topological polar surface area (TPSA) is 29.0 Å². The van der Waals surface area contributed by atoms with Gasteiger partial charge in [-0.2, -0.15) is 0 Å². The summed E-state index contributed by atoms with van der Waals surface area (Å²) >= 11 is 0. The number of halogens is 2. The second-order valence-electron chi connectivity index (χ2n) is 5.33. The van der Waals surface area contributed by atoms with Gasteiger partial charge in [0.05, 0.1) is 11.7 Å². The van der Waals surface area contributed by atoms with E-state index in [1.165, 1.54) is 6.33 Å². The summed E-state index contributed by atoms with van der Waals surface area (Å²) in [6.45, 7) is 1.27. The van der Waals surface area contributed by atoms with Crippen LogP contribution in [0.15, 0.2) is 36.8 Å². The number of benzene rings is 1. The van der Waals surface area contributed by atoms with Crippen LogP contribution in [0.5, 0.6) is 0 Å². The van der Waals surface area contributed by atoms with Gasteiger partial charge in [0.15, 0.2) is 11.6 Å². The van der Waals surface area contributed by atoms with Crippen molar-refractivity contribution in [3.63, 3.8) is 0 Å². The van der Waals surface area contributed by atoms with E-state index >= 15 is 0 Å². The molecular weight excluding hydrogens is 272 g/mol. The fraction of sp³-hybridized carbons (Fsp3) is 0.375. The Kier molecular flexibility index (Phi) is 4.20. The number of hydrogen-bond donors (Lipinski definition) is 0. The molecule has 0 radical (unpaired) electrons. The quantitative estimate of drug-likeness (QED) is 0.866. The maximum absolute atomic E-state index is 13.9. The molecule has 3 nitrogen and oxygen atoms in total. The first kappa shape index (κ1) is 14.1. The highest BCUT2D eigenvalue weighted by molar-refractivity contribution is 5.19. The molecule has 1 aliphatic rings. The van der Waals surface area contributed by atoms with Crippen molar-refractivity contribution in [1.29, 1.82) is 0 Å². The maximum atomic E-state index is 13.9. The van der Waals surface area contributed by atoms with Crippen molar-refractivity contribution in [3.8, 4) is 0 Å². The van der Waals surface area contributed by atoms with Gasteiger partial charge in [0.25, 0.3) is 0 Å². The average molecular weight is 289 g/mol. The van der Waals surface area contributed by atoms with Gasteiger partial charge >= 0.3 is 0 Å². The molecule has 21 heavy (non-hydrogen) atoms. The van der Waals surface area contributed by atoms with E-state index in [-0.39, 0.29) is 6.04 Å². The fourth-order valence-electron chi connectivity index (χ4n) is 2.90. The SMILES string of the molecule is Fc1cccc(CN2CCCC[C@H]2c2ccncn2)c1F. The molecule has 0 unspecified atom stereocenters. The number of likely N-dealkylation sites (tertiary alicyclic amines) is 1. The van der Waals surface area contributed by atoms with Crippen LogP contribution in [-0.4, -0.2) is 21.4 Å². The first-order valence-corrected chi connectivity index (χ1v) is 7.18. The van der Waals surface area contributed by atoms with Gasteiger partial charge in [-0.3, -0.25) is 4.90 Å². The van der Waals surface area contributed by atoms with Crippen LogP contribution in [0.4, 0.5) is 8.78 Å². The second kappa shape index (κ2) is 6.26. The van der Waals surface area contributed by atoms with E-state index < -0.39 is 11.6 Å². The molecule has 2 heterocycles. The van der Waals surface area contributed by atoms with Crippen LogP contribution in [0.3, 0.4) is 0 Å². The highest BCUT2D eigenvalue weighted by Gasteiger charge is 2.26. The van der Waals surface area contributed by atoms with E-state index in [2.05, 4.69) is 14.9 Å². The van der Waals surface area contributed by atoms with Crippen LogP contribution in [-0.2, 0) is 6.54 Å². The molecule has 1 fully saturated rings. The van der Waals surface area contributed by atoms with E-state index in [4.69, 9.17) is 0 Å². The number of rotatable bonds is 3. The lowest BCUT2D eigenvalue weighted by Gasteiger charge is -2.35. The van der Waals surface area contributed by atoms with Crippen molar-refractivity contribution >= 4 is 0 Å². The van der Waals surface area contributed by atoms with Crippen molar-refractivity contribution in [2.45, 2.75) is 31.8 Å². The molecule has 0 amide bonds. The van der Waals surface area contributed by atoms with E-state index in [0.717, 1.165) is 37.6 Å². The first-order chi connectivity index (χ1) is 10.3. The number of nitrogens with zero attached hydrogens (tertiary/aromatic N) is 3. The number of aromatic nitrogens is 2. The minimum Gasteiger partial charge on any atom is -0.290 e. The molecule has 3 rings (SSSR count). The van der Waals surface area contributed by atoms with Crippen molar-refractivity contribution in [2.24, 2.45) is 0 Å². The Morgan fingerprint density at radius 1 is 1.19 bits per heavy atom. The average Bonchev–Trinajstić information content (AvgIpc) is 2.53. The Hall–Kier alpha value is -1.88. The van der Waals surface area contributed by atoms with Crippen molar-refractivity contribution in [1.82, 2.24) is 14.9 Å². The van der Waals surface area contributed by atoms with Gasteiger partial charge < -0.3 is 0 Å². The summed E-state index contributed by atoms with van der Waals surface area (Å²) in [6.07, 6.45) is 6.42. The monoisotopic (exact) mass is 289 g/mol. The zero-order valence-electron chi connectivity index (χ0n) is 11.7. The van der Waals surface area contributed by atoms with Gasteiger partial charge in [-0.05, 0) is 31.5 Å². The van der Waals surface area contributed by atoms with Gasteiger partial charge in [0.1, 0.15) is 6.33 Å². The summed E-state index contributed by atoms with van der Waals surface area (Å²) < 4.78 is 27.2. The summed E-state index contributed by atoms with van der Waals surface area (Å²) in [5.74, 6) is -1.53. The third-order valence-electron chi connectivity index (χ3n) is 3.96. The molecular formula is C16H17F2N3. The van der Waals surface area contributed by atoms with Crippen molar-refractivity contribution in [2.75, 3.05) is 6.54 Å². The van der Waals surface area contributed by atoms with Crippen LogP contribution >= 0.6 is 0 Å². The smallest absolute Gasteiger partial charge is 0.163 e. The highest BCUT2D eigenvalue weighted by Crippen LogP contribution is 2.31. The lowest BCUT2D eigenvalue weighted by atomic mass is 9.98. The Balaban J connectivity index is 1.83. The lowest BCUT2D eigenvalue weighted by Crippen LogP contribution is -2.33. The molecule has 0 bridgehead atoms. The van der Waals surface area contributed by atoms with Crippen LogP contribution < -0.4 is 0 Å². The molecule has 0 saturated carbocycles. The summed E-state index contributed by atoms with van der Waals surface area (Å²) in [6, 6.07) is 6.38. The van der Waals surface area contributed by atoms with Crippen LogP contribution in [0, 0.1) is 11.6 Å². The Bertz CT molecular complexity index is 604. The van der Waals surface area contributed by atoms with Crippen LogP contribution in [0.2, 0.25) is 0 Å². The van der Waals surface area contributed by atoms with Gasteiger partial charge in [-0.25, -0.2) is 18.7 Å². The minimum absolute atomic E-state index is 0.143. The van der Waals surface area contributed by atoms with Crippen LogP contribution in [0.25, 0.3) is 0 Å². The molecule has 1 atom stereocenters. The second-order valence-corrected chi connectivity index (χ2v) is 5.33. The molecule has 5 heteroatoms. The Morgan fingerprint density at radius 2 is 2.10 bits per heavy atom. The maximum Gasteiger partial charge on any atom is 0.163 e. The van der Waals surface area contributed by atoms with E-state index in [1.807, 2.05) is 6.07 Å². The predicted molar refractivity (Wildman–Crippen MR) is 75.4 cm³/mol. The van der Waals surface area contributed by atoms with Crippen molar-refractivity contribution in [3.05, 3.63) is 59.7 Å². The van der Waals surface area contributed by atoms with Gasteiger partial charge in [0, 0.05) is 18.3 Å². The third-order valence-corrected chi connectivity index (χ3v) is 3.96. The van der Waals surface area contributed by atoms with Gasteiger partial charge in [0.2, 0.25) is 0 Å². The fourth-order valence-corrected chi connectivity index (χ4v) is 2.90. The molecule has 110 valence electrons. The van der Waals surface area contributed by atoms with E-state index in [1.54, 1.807) is 18.3 Å². The van der Waals surface area contributed by atoms with Gasteiger partial charge in [-0.15, -0.1) is 0 Å². The molecule has 1 aromatic carbocycles. The third kappa shape index (κ3) is 3.08. The molecule has 0 aliphatic carbocycles. The first-order valence-electron chi connectivity index (χ1n) is 7.18. The minimum atomic E-state index is -0.789. The number of piperidine rings is 1. The molecule has 2 aromatic rings. The Labute approximate surface area is 122 Å². The summed E-state index contributed by atoms with van der Waals surface area (Å²) in [5.41, 5.74) is 1.34. The molecule has 1 saturated heterocycles. The molecule has 0 spiro atoms. The van der Waals surface area contributed by atoms with Crippen LogP contribution in [0.1, 0.15) is 36.6 Å². The zero-order valence-corrected chi connectivity index (χ0v) is 11.7.